The zero-order valence-electron chi connectivity index (χ0n) is 10.3. The molecule has 0 bridgehead atoms. The summed E-state index contributed by atoms with van der Waals surface area (Å²) in [6.45, 7) is 1.99. The van der Waals surface area contributed by atoms with E-state index in [4.69, 9.17) is 15.7 Å². The Morgan fingerprint density at radius 3 is 2.94 bits per heavy atom. The van der Waals surface area contributed by atoms with Crippen molar-refractivity contribution in [2.45, 2.75) is 13.0 Å². The molecule has 0 amide bonds. The van der Waals surface area contributed by atoms with E-state index in [1.165, 1.54) is 12.1 Å². The second-order valence-corrected chi connectivity index (χ2v) is 3.86. The van der Waals surface area contributed by atoms with E-state index in [0.29, 0.717) is 18.7 Å². The van der Waals surface area contributed by atoms with Gasteiger partial charge in [0.2, 0.25) is 0 Å². The van der Waals surface area contributed by atoms with Crippen molar-refractivity contribution in [3.63, 3.8) is 0 Å². The number of amidine groups is 1. The van der Waals surface area contributed by atoms with Crippen LogP contribution in [0.1, 0.15) is 17.5 Å². The molecular formula is C12H18FN3O2. The average Bonchev–Trinajstić information content (AvgIpc) is 2.37. The lowest BCUT2D eigenvalue weighted by Gasteiger charge is -2.07. The van der Waals surface area contributed by atoms with Crippen molar-refractivity contribution in [1.29, 1.82) is 0 Å². The molecule has 0 aromatic heterocycles. The van der Waals surface area contributed by atoms with Crippen molar-refractivity contribution >= 4 is 5.84 Å². The first-order valence-corrected chi connectivity index (χ1v) is 5.64. The Labute approximate surface area is 105 Å². The van der Waals surface area contributed by atoms with Gasteiger partial charge in [0.1, 0.15) is 5.82 Å². The number of nitrogens with one attached hydrogen (secondary N) is 1. The molecule has 5 nitrogen and oxygen atoms in total. The Kier molecular flexibility index (Phi) is 6.10. The van der Waals surface area contributed by atoms with Crippen molar-refractivity contribution in [2.75, 3.05) is 20.3 Å². The van der Waals surface area contributed by atoms with Crippen molar-refractivity contribution in [3.05, 3.63) is 35.1 Å². The molecule has 0 saturated heterocycles. The maximum atomic E-state index is 13.3. The Morgan fingerprint density at radius 2 is 2.28 bits per heavy atom. The first kappa shape index (κ1) is 14.4. The summed E-state index contributed by atoms with van der Waals surface area (Å²) in [5.41, 5.74) is 6.53. The lowest BCUT2D eigenvalue weighted by molar-refractivity contribution is 0.194. The number of nitrogens with zero attached hydrogens (tertiary/aromatic N) is 1. The molecule has 1 aromatic rings. The van der Waals surface area contributed by atoms with Crippen LogP contribution in [0.5, 0.6) is 0 Å². The molecule has 0 aliphatic carbocycles. The van der Waals surface area contributed by atoms with Crippen molar-refractivity contribution in [1.82, 2.24) is 5.32 Å². The molecular weight excluding hydrogens is 237 g/mol. The van der Waals surface area contributed by atoms with E-state index in [9.17, 15) is 4.39 Å². The highest BCUT2D eigenvalue weighted by molar-refractivity contribution is 5.97. The predicted octanol–water partition coefficient (Wildman–Crippen LogP) is 1.05. The zero-order valence-corrected chi connectivity index (χ0v) is 10.3. The fraction of sp³-hybridized carbons (Fsp3) is 0.417. The van der Waals surface area contributed by atoms with E-state index in [0.717, 1.165) is 18.5 Å². The predicted molar refractivity (Wildman–Crippen MR) is 67.1 cm³/mol. The molecule has 0 radical (unpaired) electrons. The van der Waals surface area contributed by atoms with Crippen LogP contribution in [0.15, 0.2) is 23.4 Å². The second kappa shape index (κ2) is 7.62. The normalized spacial score (nSPS) is 11.8. The summed E-state index contributed by atoms with van der Waals surface area (Å²) in [4.78, 5) is 0. The maximum absolute atomic E-state index is 13.3. The van der Waals surface area contributed by atoms with Crippen LogP contribution in [-0.2, 0) is 11.3 Å². The molecule has 1 aromatic carbocycles. The summed E-state index contributed by atoms with van der Waals surface area (Å²) in [7, 11) is 1.65. The number of hydrogen-bond donors (Lipinski definition) is 3. The lowest BCUT2D eigenvalue weighted by atomic mass is 10.1. The molecule has 0 heterocycles. The van der Waals surface area contributed by atoms with E-state index < -0.39 is 5.82 Å². The van der Waals surface area contributed by atoms with E-state index in [1.54, 1.807) is 13.2 Å². The molecule has 1 rings (SSSR count). The molecule has 6 heteroatoms. The van der Waals surface area contributed by atoms with Crippen molar-refractivity contribution in [2.24, 2.45) is 10.9 Å². The SMILES string of the molecule is COCCCNCc1cc(F)cc(/C(N)=N/O)c1. The Hall–Kier alpha value is -1.66. The summed E-state index contributed by atoms with van der Waals surface area (Å²) in [5, 5.41) is 14.6. The molecule has 18 heavy (non-hydrogen) atoms. The standard InChI is InChI=1S/C12H18FN3O2/c1-18-4-2-3-15-8-9-5-10(12(14)16-17)7-11(13)6-9/h5-7,15,17H,2-4,8H2,1H3,(H2,14,16). The van der Waals surface area contributed by atoms with Gasteiger partial charge < -0.3 is 21.0 Å². The number of halogens is 1. The number of hydrogen-bond acceptors (Lipinski definition) is 4. The Balaban J connectivity index is 2.58. The van der Waals surface area contributed by atoms with Gasteiger partial charge in [0.25, 0.3) is 0 Å². The maximum Gasteiger partial charge on any atom is 0.170 e. The summed E-state index contributed by atoms with van der Waals surface area (Å²) in [5.74, 6) is -0.511. The molecule has 4 N–H and O–H groups in total. The Bertz CT molecular complexity index is 410. The van der Waals surface area contributed by atoms with Crippen LogP contribution in [-0.4, -0.2) is 31.3 Å². The summed E-state index contributed by atoms with van der Waals surface area (Å²) in [6.07, 6.45) is 0.888. The Morgan fingerprint density at radius 1 is 1.50 bits per heavy atom. The third-order valence-corrected chi connectivity index (χ3v) is 2.39. The highest BCUT2D eigenvalue weighted by Crippen LogP contribution is 2.09. The van der Waals surface area contributed by atoms with Crippen LogP contribution in [0.25, 0.3) is 0 Å². The minimum absolute atomic E-state index is 0.102. The van der Waals surface area contributed by atoms with E-state index in [-0.39, 0.29) is 5.84 Å². The number of rotatable bonds is 7. The minimum Gasteiger partial charge on any atom is -0.409 e. The average molecular weight is 255 g/mol. The summed E-state index contributed by atoms with van der Waals surface area (Å²) < 4.78 is 18.2. The molecule has 0 aliphatic heterocycles. The highest BCUT2D eigenvalue weighted by Gasteiger charge is 2.04. The van der Waals surface area contributed by atoms with Crippen LogP contribution < -0.4 is 11.1 Å². The second-order valence-electron chi connectivity index (χ2n) is 3.86. The zero-order chi connectivity index (χ0) is 13.4. The van der Waals surface area contributed by atoms with Crippen molar-refractivity contribution < 1.29 is 14.3 Å². The van der Waals surface area contributed by atoms with Gasteiger partial charge in [-0.05, 0) is 36.7 Å². The van der Waals surface area contributed by atoms with Gasteiger partial charge >= 0.3 is 0 Å². The third-order valence-electron chi connectivity index (χ3n) is 2.39. The van der Waals surface area contributed by atoms with Gasteiger partial charge in [-0.15, -0.1) is 0 Å². The van der Waals surface area contributed by atoms with Gasteiger partial charge in [0, 0.05) is 25.8 Å². The van der Waals surface area contributed by atoms with Gasteiger partial charge in [-0.3, -0.25) is 0 Å². The van der Waals surface area contributed by atoms with E-state index >= 15 is 0 Å². The molecule has 0 spiro atoms. The number of oxime groups is 1. The molecule has 0 aliphatic rings. The molecule has 0 unspecified atom stereocenters. The highest BCUT2D eigenvalue weighted by atomic mass is 19.1. The van der Waals surface area contributed by atoms with Crippen LogP contribution in [0.3, 0.4) is 0 Å². The van der Waals surface area contributed by atoms with Gasteiger partial charge in [-0.1, -0.05) is 5.16 Å². The third kappa shape index (κ3) is 4.68. The summed E-state index contributed by atoms with van der Waals surface area (Å²) in [6, 6.07) is 4.32. The fourth-order valence-corrected chi connectivity index (χ4v) is 1.53. The van der Waals surface area contributed by atoms with Gasteiger partial charge in [0.05, 0.1) is 0 Å². The van der Waals surface area contributed by atoms with Gasteiger partial charge in [0.15, 0.2) is 5.84 Å². The monoisotopic (exact) mass is 255 g/mol. The number of methoxy groups -OCH3 is 1. The number of ether oxygens (including phenoxy) is 1. The van der Waals surface area contributed by atoms with Crippen molar-refractivity contribution in [3.8, 4) is 0 Å². The molecule has 0 atom stereocenters. The number of nitrogens with two attached hydrogens (primary N) is 1. The van der Waals surface area contributed by atoms with Crippen LogP contribution in [0.2, 0.25) is 0 Å². The van der Waals surface area contributed by atoms with Gasteiger partial charge in [-0.25, -0.2) is 4.39 Å². The van der Waals surface area contributed by atoms with Gasteiger partial charge in [-0.2, -0.15) is 0 Å². The first-order valence-electron chi connectivity index (χ1n) is 5.64. The summed E-state index contributed by atoms with van der Waals surface area (Å²) >= 11 is 0. The first-order chi connectivity index (χ1) is 8.67. The van der Waals surface area contributed by atoms with E-state index in [2.05, 4.69) is 10.5 Å². The fourth-order valence-electron chi connectivity index (χ4n) is 1.53. The molecule has 0 saturated carbocycles. The van der Waals surface area contributed by atoms with Crippen LogP contribution in [0, 0.1) is 5.82 Å². The molecule has 0 fully saturated rings. The van der Waals surface area contributed by atoms with Crippen LogP contribution in [0.4, 0.5) is 4.39 Å². The van der Waals surface area contributed by atoms with E-state index in [1.807, 2.05) is 0 Å². The number of benzene rings is 1. The minimum atomic E-state index is -0.409. The largest absolute Gasteiger partial charge is 0.409 e. The smallest absolute Gasteiger partial charge is 0.170 e. The lowest BCUT2D eigenvalue weighted by Crippen LogP contribution is -2.18. The van der Waals surface area contributed by atoms with Crippen LogP contribution >= 0.6 is 0 Å². The molecule has 100 valence electrons. The topological polar surface area (TPSA) is 79.9 Å². The quantitative estimate of drug-likeness (QED) is 0.224.